The Labute approximate surface area is 163 Å². The second-order valence-electron chi connectivity index (χ2n) is 8.01. The van der Waals surface area contributed by atoms with Crippen LogP contribution in [-0.2, 0) is 6.54 Å². The zero-order valence-corrected chi connectivity index (χ0v) is 16.8. The molecule has 0 aromatic heterocycles. The zero-order chi connectivity index (χ0) is 19.4. The van der Waals surface area contributed by atoms with E-state index < -0.39 is 0 Å². The van der Waals surface area contributed by atoms with E-state index in [-0.39, 0.29) is 12.1 Å². The summed E-state index contributed by atoms with van der Waals surface area (Å²) in [5.74, 6) is 0.809. The van der Waals surface area contributed by atoms with Crippen molar-refractivity contribution < 1.29 is 4.79 Å². The van der Waals surface area contributed by atoms with Gasteiger partial charge in [0.15, 0.2) is 0 Å². The van der Waals surface area contributed by atoms with Crippen LogP contribution < -0.4 is 10.6 Å². The third-order valence-electron chi connectivity index (χ3n) is 5.72. The predicted molar refractivity (Wildman–Crippen MR) is 112 cm³/mol. The number of anilines is 1. The summed E-state index contributed by atoms with van der Waals surface area (Å²) in [7, 11) is 0. The number of benzene rings is 2. The number of amides is 2. The Hall–Kier alpha value is -2.33. The molecule has 3 rings (SSSR count). The first kappa shape index (κ1) is 19.4. The van der Waals surface area contributed by atoms with Gasteiger partial charge in [-0.05, 0) is 48.4 Å². The molecule has 4 heteroatoms. The predicted octanol–water partition coefficient (Wildman–Crippen LogP) is 4.58. The number of nitrogens with one attached hydrogen (secondary N) is 2. The molecule has 1 saturated heterocycles. The summed E-state index contributed by atoms with van der Waals surface area (Å²) in [4.78, 5) is 15.1. The van der Waals surface area contributed by atoms with E-state index in [1.807, 2.05) is 19.1 Å². The minimum Gasteiger partial charge on any atom is -0.335 e. The molecule has 0 aliphatic carbocycles. The van der Waals surface area contributed by atoms with E-state index in [1.165, 1.54) is 11.1 Å². The van der Waals surface area contributed by atoms with E-state index in [2.05, 4.69) is 72.7 Å². The number of carbonyl (C=O) groups excluding carboxylic acids is 1. The lowest BCUT2D eigenvalue weighted by atomic mass is 9.85. The summed E-state index contributed by atoms with van der Waals surface area (Å²) < 4.78 is 0. The van der Waals surface area contributed by atoms with Gasteiger partial charge in [0.1, 0.15) is 0 Å². The molecule has 0 spiro atoms. The maximum Gasteiger partial charge on any atom is 0.319 e. The van der Waals surface area contributed by atoms with Crippen molar-refractivity contribution in [1.29, 1.82) is 0 Å². The van der Waals surface area contributed by atoms with Crippen LogP contribution >= 0.6 is 0 Å². The van der Waals surface area contributed by atoms with Crippen LogP contribution in [0.1, 0.15) is 30.5 Å². The monoisotopic (exact) mass is 365 g/mol. The van der Waals surface area contributed by atoms with Gasteiger partial charge in [0.05, 0.1) is 0 Å². The van der Waals surface area contributed by atoms with Crippen LogP contribution in [0, 0.1) is 25.7 Å². The first-order valence-corrected chi connectivity index (χ1v) is 9.84. The van der Waals surface area contributed by atoms with Crippen molar-refractivity contribution in [2.45, 2.75) is 40.3 Å². The highest BCUT2D eigenvalue weighted by atomic mass is 16.2. The van der Waals surface area contributed by atoms with Gasteiger partial charge in [0.2, 0.25) is 0 Å². The fraction of sp³-hybridized carbons (Fsp3) is 0.435. The highest BCUT2D eigenvalue weighted by Gasteiger charge is 2.32. The lowest BCUT2D eigenvalue weighted by Gasteiger charge is -2.41. The lowest BCUT2D eigenvalue weighted by molar-refractivity contribution is 0.0994. The second kappa shape index (κ2) is 8.57. The zero-order valence-electron chi connectivity index (χ0n) is 16.8. The van der Waals surface area contributed by atoms with E-state index in [0.29, 0.717) is 11.8 Å². The Morgan fingerprint density at radius 2 is 1.67 bits per heavy atom. The van der Waals surface area contributed by atoms with Gasteiger partial charge in [-0.1, -0.05) is 56.3 Å². The molecule has 0 bridgehead atoms. The molecule has 0 radical (unpaired) electrons. The number of hydrogen-bond donors (Lipinski definition) is 2. The highest BCUT2D eigenvalue weighted by Crippen LogP contribution is 2.24. The lowest BCUT2D eigenvalue weighted by Crippen LogP contribution is -2.55. The molecule has 1 fully saturated rings. The Bertz CT molecular complexity index is 762. The molecule has 1 aliphatic rings. The molecule has 0 saturated carbocycles. The van der Waals surface area contributed by atoms with Crippen molar-refractivity contribution in [3.8, 4) is 0 Å². The van der Waals surface area contributed by atoms with E-state index in [4.69, 9.17) is 0 Å². The molecular formula is C23H31N3O. The average molecular weight is 366 g/mol. The van der Waals surface area contributed by atoms with Crippen LogP contribution in [0.5, 0.6) is 0 Å². The Kier molecular flexibility index (Phi) is 6.17. The number of aryl methyl sites for hydroxylation is 1. The van der Waals surface area contributed by atoms with Crippen molar-refractivity contribution in [2.75, 3.05) is 18.4 Å². The van der Waals surface area contributed by atoms with Crippen molar-refractivity contribution in [3.63, 3.8) is 0 Å². The van der Waals surface area contributed by atoms with E-state index >= 15 is 0 Å². The average Bonchev–Trinajstić information content (AvgIpc) is 2.63. The molecule has 1 heterocycles. The Morgan fingerprint density at radius 1 is 1.00 bits per heavy atom. The summed E-state index contributed by atoms with van der Waals surface area (Å²) >= 11 is 0. The van der Waals surface area contributed by atoms with Crippen LogP contribution in [0.2, 0.25) is 0 Å². The SMILES string of the molecule is Cc1cccc(NC(=O)NC2[C@@H](C)CN(Cc3ccccc3)C[C@@H]2C)c1C. The van der Waals surface area contributed by atoms with E-state index in [9.17, 15) is 4.79 Å². The molecule has 2 aromatic carbocycles. The van der Waals surface area contributed by atoms with Gasteiger partial charge in [-0.15, -0.1) is 0 Å². The topological polar surface area (TPSA) is 44.4 Å². The molecule has 1 aliphatic heterocycles. The quantitative estimate of drug-likeness (QED) is 0.833. The summed E-state index contributed by atoms with van der Waals surface area (Å²) in [6, 6.07) is 16.7. The molecule has 2 N–H and O–H groups in total. The highest BCUT2D eigenvalue weighted by molar-refractivity contribution is 5.90. The minimum atomic E-state index is -0.107. The second-order valence-corrected chi connectivity index (χ2v) is 8.01. The Morgan fingerprint density at radius 3 is 2.33 bits per heavy atom. The molecule has 0 unspecified atom stereocenters. The summed E-state index contributed by atoms with van der Waals surface area (Å²) in [6.45, 7) is 11.5. The number of urea groups is 1. The number of likely N-dealkylation sites (tertiary alicyclic amines) is 1. The van der Waals surface area contributed by atoms with E-state index in [0.717, 1.165) is 30.9 Å². The minimum absolute atomic E-state index is 0.107. The molecule has 2 atom stereocenters. The third-order valence-corrected chi connectivity index (χ3v) is 5.72. The van der Waals surface area contributed by atoms with Crippen LogP contribution in [0.15, 0.2) is 48.5 Å². The van der Waals surface area contributed by atoms with Crippen LogP contribution in [0.4, 0.5) is 10.5 Å². The number of rotatable bonds is 4. The number of hydrogen-bond acceptors (Lipinski definition) is 2. The third kappa shape index (κ3) is 4.89. The fourth-order valence-corrected chi connectivity index (χ4v) is 4.13. The summed E-state index contributed by atoms with van der Waals surface area (Å²) in [5.41, 5.74) is 4.53. The van der Waals surface area contributed by atoms with Crippen LogP contribution in [-0.4, -0.2) is 30.1 Å². The largest absolute Gasteiger partial charge is 0.335 e. The summed E-state index contributed by atoms with van der Waals surface area (Å²) in [6.07, 6.45) is 0. The van der Waals surface area contributed by atoms with Gasteiger partial charge in [-0.3, -0.25) is 4.90 Å². The maximum absolute atomic E-state index is 12.6. The van der Waals surface area contributed by atoms with Gasteiger partial charge >= 0.3 is 6.03 Å². The molecule has 2 amide bonds. The molecule has 2 aromatic rings. The molecular weight excluding hydrogens is 334 g/mol. The molecule has 4 nitrogen and oxygen atoms in total. The standard InChI is InChI=1S/C23H31N3O/c1-16-9-8-12-21(19(16)4)24-23(27)25-22-17(2)13-26(14-18(22)3)15-20-10-6-5-7-11-20/h5-12,17-18,22H,13-15H2,1-4H3,(H2,24,25,27)/t17-,18-/m0/s1. The van der Waals surface area contributed by atoms with E-state index in [1.54, 1.807) is 0 Å². The van der Waals surface area contributed by atoms with Crippen LogP contribution in [0.3, 0.4) is 0 Å². The molecule has 27 heavy (non-hydrogen) atoms. The smallest absolute Gasteiger partial charge is 0.319 e. The fourth-order valence-electron chi connectivity index (χ4n) is 4.13. The van der Waals surface area contributed by atoms with Crippen molar-refractivity contribution in [1.82, 2.24) is 10.2 Å². The number of nitrogens with zero attached hydrogens (tertiary/aromatic N) is 1. The normalized spacial score (nSPS) is 21.0. The maximum atomic E-state index is 12.6. The van der Waals surface area contributed by atoms with Crippen molar-refractivity contribution >= 4 is 11.7 Å². The number of piperidine rings is 1. The van der Waals surface area contributed by atoms with Crippen LogP contribution in [0.25, 0.3) is 0 Å². The summed E-state index contributed by atoms with van der Waals surface area (Å²) in [5, 5.41) is 6.25. The van der Waals surface area contributed by atoms with Crippen molar-refractivity contribution in [2.24, 2.45) is 11.8 Å². The van der Waals surface area contributed by atoms with Gasteiger partial charge in [0.25, 0.3) is 0 Å². The Balaban J connectivity index is 1.57. The van der Waals surface area contributed by atoms with Gasteiger partial charge in [0, 0.05) is 31.4 Å². The van der Waals surface area contributed by atoms with Gasteiger partial charge in [-0.25, -0.2) is 4.79 Å². The van der Waals surface area contributed by atoms with Crippen molar-refractivity contribution in [3.05, 3.63) is 65.2 Å². The first-order valence-electron chi connectivity index (χ1n) is 9.84. The van der Waals surface area contributed by atoms with Gasteiger partial charge in [-0.2, -0.15) is 0 Å². The number of carbonyl (C=O) groups is 1. The van der Waals surface area contributed by atoms with Gasteiger partial charge < -0.3 is 10.6 Å². The molecule has 144 valence electrons. The first-order chi connectivity index (χ1) is 12.9.